The van der Waals surface area contributed by atoms with Crippen LogP contribution in [0.2, 0.25) is 0 Å². The number of hydrogen-bond donors (Lipinski definition) is 0. The van der Waals surface area contributed by atoms with Crippen LogP contribution < -0.4 is 4.74 Å². The van der Waals surface area contributed by atoms with Crippen molar-refractivity contribution in [2.75, 3.05) is 20.3 Å². The molecule has 1 aliphatic heterocycles. The van der Waals surface area contributed by atoms with Gasteiger partial charge in [-0.1, -0.05) is 34.1 Å². The van der Waals surface area contributed by atoms with Gasteiger partial charge in [-0.15, -0.1) is 0 Å². The third kappa shape index (κ3) is 5.26. The molecule has 0 aromatic heterocycles. The molecule has 1 fully saturated rings. The van der Waals surface area contributed by atoms with E-state index in [1.807, 2.05) is 42.5 Å². The van der Waals surface area contributed by atoms with E-state index in [-0.39, 0.29) is 17.7 Å². The van der Waals surface area contributed by atoms with Crippen molar-refractivity contribution >= 4 is 60.8 Å². The largest absolute Gasteiger partial charge is 0.488 e. The van der Waals surface area contributed by atoms with Crippen LogP contribution in [0.15, 0.2) is 56.3 Å². The minimum atomic E-state index is -0.293. The zero-order chi connectivity index (χ0) is 20.1. The second-order valence-electron chi connectivity index (χ2n) is 5.93. The van der Waals surface area contributed by atoms with Crippen molar-refractivity contribution in [2.24, 2.45) is 0 Å². The average molecular weight is 527 g/mol. The van der Waals surface area contributed by atoms with Gasteiger partial charge in [-0.05, 0) is 69.2 Å². The van der Waals surface area contributed by atoms with Gasteiger partial charge in [0, 0.05) is 11.6 Å². The fourth-order valence-corrected chi connectivity index (χ4v) is 4.13. The average Bonchev–Trinajstić information content (AvgIpc) is 2.94. The highest BCUT2D eigenvalue weighted by Gasteiger charge is 2.34. The van der Waals surface area contributed by atoms with Crippen molar-refractivity contribution in [2.45, 2.75) is 6.61 Å². The number of amides is 2. The Hall–Kier alpha value is -1.61. The van der Waals surface area contributed by atoms with E-state index < -0.39 is 0 Å². The van der Waals surface area contributed by atoms with Crippen molar-refractivity contribution in [1.82, 2.24) is 4.90 Å². The Labute approximate surface area is 184 Å². The highest BCUT2D eigenvalue weighted by Crippen LogP contribution is 2.34. The Morgan fingerprint density at radius 2 is 1.86 bits per heavy atom. The van der Waals surface area contributed by atoms with Crippen LogP contribution in [-0.4, -0.2) is 36.3 Å². The Morgan fingerprint density at radius 3 is 2.54 bits per heavy atom. The molecule has 0 radical (unpaired) electrons. The molecule has 146 valence electrons. The molecule has 8 heteroatoms. The number of carbonyl (C=O) groups is 2. The minimum Gasteiger partial charge on any atom is -0.488 e. The quantitative estimate of drug-likeness (QED) is 0.447. The maximum absolute atomic E-state index is 12.4. The van der Waals surface area contributed by atoms with E-state index in [0.717, 1.165) is 31.8 Å². The van der Waals surface area contributed by atoms with Crippen LogP contribution in [0.4, 0.5) is 4.79 Å². The second-order valence-corrected chi connectivity index (χ2v) is 8.69. The van der Waals surface area contributed by atoms with Crippen LogP contribution in [0.25, 0.3) is 6.08 Å². The van der Waals surface area contributed by atoms with Crippen LogP contribution in [0.3, 0.4) is 0 Å². The first kappa shape index (κ1) is 21.1. The smallest absolute Gasteiger partial charge is 0.293 e. The van der Waals surface area contributed by atoms with Crippen LogP contribution in [0.1, 0.15) is 11.1 Å². The van der Waals surface area contributed by atoms with E-state index in [4.69, 9.17) is 9.47 Å². The first-order valence-corrected chi connectivity index (χ1v) is 10.8. The fourth-order valence-electron chi connectivity index (χ4n) is 2.49. The summed E-state index contributed by atoms with van der Waals surface area (Å²) in [6.45, 7) is 1.02. The molecule has 0 spiro atoms. The number of methoxy groups -OCH3 is 1. The predicted octanol–water partition coefficient (Wildman–Crippen LogP) is 5.47. The maximum Gasteiger partial charge on any atom is 0.293 e. The zero-order valence-corrected chi connectivity index (χ0v) is 19.0. The van der Waals surface area contributed by atoms with Gasteiger partial charge in [-0.3, -0.25) is 14.5 Å². The molecule has 3 rings (SSSR count). The van der Waals surface area contributed by atoms with E-state index >= 15 is 0 Å². The van der Waals surface area contributed by atoms with E-state index in [1.54, 1.807) is 6.08 Å². The number of carbonyl (C=O) groups excluding carboxylic acids is 2. The molecule has 2 aromatic rings. The van der Waals surface area contributed by atoms with Gasteiger partial charge in [0.1, 0.15) is 12.4 Å². The number of rotatable bonds is 7. The third-order valence-corrected chi connectivity index (χ3v) is 6.01. The minimum absolute atomic E-state index is 0.255. The Balaban J connectivity index is 1.68. The molecule has 1 aliphatic rings. The van der Waals surface area contributed by atoms with E-state index in [9.17, 15) is 9.59 Å². The summed E-state index contributed by atoms with van der Waals surface area (Å²) in [6, 6.07) is 13.5. The van der Waals surface area contributed by atoms with Crippen molar-refractivity contribution in [3.8, 4) is 5.75 Å². The lowest BCUT2D eigenvalue weighted by Gasteiger charge is -2.11. The van der Waals surface area contributed by atoms with Crippen molar-refractivity contribution in [1.29, 1.82) is 0 Å². The lowest BCUT2D eigenvalue weighted by molar-refractivity contribution is -0.123. The summed E-state index contributed by atoms with van der Waals surface area (Å²) in [5, 5.41) is -0.276. The van der Waals surface area contributed by atoms with E-state index in [2.05, 4.69) is 31.9 Å². The van der Waals surface area contributed by atoms with Gasteiger partial charge >= 0.3 is 0 Å². The molecule has 2 aromatic carbocycles. The molecule has 1 heterocycles. The second kappa shape index (κ2) is 9.73. The molecular formula is C20H17Br2NO4S. The highest BCUT2D eigenvalue weighted by atomic mass is 79.9. The molecule has 0 bridgehead atoms. The summed E-state index contributed by atoms with van der Waals surface area (Å²) in [5.41, 5.74) is 1.86. The van der Waals surface area contributed by atoms with Crippen LogP contribution in [-0.2, 0) is 16.1 Å². The van der Waals surface area contributed by atoms with Crippen molar-refractivity contribution in [3.63, 3.8) is 0 Å². The number of benzene rings is 2. The standard InChI is InChI=1S/C20H17Br2NO4S/c1-26-9-8-23-19(24)18(28-20(23)25)11-14-4-7-17(16(22)10-14)27-12-13-2-5-15(21)6-3-13/h2-7,10-11H,8-9,12H2,1H3/b18-11+. The molecular weight excluding hydrogens is 510 g/mol. The summed E-state index contributed by atoms with van der Waals surface area (Å²) in [4.78, 5) is 26.0. The molecule has 0 saturated carbocycles. The highest BCUT2D eigenvalue weighted by molar-refractivity contribution is 9.10. The van der Waals surface area contributed by atoms with Gasteiger partial charge in [0.15, 0.2) is 0 Å². The molecule has 28 heavy (non-hydrogen) atoms. The summed E-state index contributed by atoms with van der Waals surface area (Å²) < 4.78 is 12.6. The summed E-state index contributed by atoms with van der Waals surface area (Å²) in [7, 11) is 1.53. The van der Waals surface area contributed by atoms with Crippen LogP contribution in [0.5, 0.6) is 5.75 Å². The predicted molar refractivity (Wildman–Crippen MR) is 117 cm³/mol. The van der Waals surface area contributed by atoms with Crippen LogP contribution >= 0.6 is 43.6 Å². The summed E-state index contributed by atoms with van der Waals surface area (Å²) in [5.74, 6) is 0.409. The van der Waals surface area contributed by atoms with Crippen molar-refractivity contribution < 1.29 is 19.1 Å². The van der Waals surface area contributed by atoms with Gasteiger partial charge < -0.3 is 9.47 Å². The van der Waals surface area contributed by atoms with Gasteiger partial charge in [0.25, 0.3) is 11.1 Å². The Morgan fingerprint density at radius 1 is 1.11 bits per heavy atom. The number of nitrogens with zero attached hydrogens (tertiary/aromatic N) is 1. The normalized spacial score (nSPS) is 15.5. The van der Waals surface area contributed by atoms with Gasteiger partial charge in [0.05, 0.1) is 22.5 Å². The topological polar surface area (TPSA) is 55.8 Å². The van der Waals surface area contributed by atoms with Crippen LogP contribution in [0, 0.1) is 0 Å². The monoisotopic (exact) mass is 525 g/mol. The number of halogens is 2. The Bertz CT molecular complexity index is 915. The number of ether oxygens (including phenoxy) is 2. The number of imide groups is 1. The van der Waals surface area contributed by atoms with Gasteiger partial charge in [-0.25, -0.2) is 0 Å². The molecule has 1 saturated heterocycles. The number of thioether (sulfide) groups is 1. The first-order valence-electron chi connectivity index (χ1n) is 8.39. The fraction of sp³-hybridized carbons (Fsp3) is 0.200. The summed E-state index contributed by atoms with van der Waals surface area (Å²) in [6.07, 6.45) is 1.71. The third-order valence-electron chi connectivity index (χ3n) is 3.95. The summed E-state index contributed by atoms with van der Waals surface area (Å²) >= 11 is 7.86. The van der Waals surface area contributed by atoms with E-state index in [1.165, 1.54) is 12.0 Å². The molecule has 0 N–H and O–H groups in total. The van der Waals surface area contributed by atoms with E-state index in [0.29, 0.717) is 23.9 Å². The zero-order valence-electron chi connectivity index (χ0n) is 15.0. The number of hydrogen-bond acceptors (Lipinski definition) is 5. The molecule has 2 amide bonds. The first-order chi connectivity index (χ1) is 13.5. The van der Waals surface area contributed by atoms with Gasteiger partial charge in [-0.2, -0.15) is 0 Å². The maximum atomic E-state index is 12.4. The van der Waals surface area contributed by atoms with Crippen molar-refractivity contribution in [3.05, 3.63) is 67.4 Å². The molecule has 0 aliphatic carbocycles. The van der Waals surface area contributed by atoms with Gasteiger partial charge in [0.2, 0.25) is 0 Å². The molecule has 0 unspecified atom stereocenters. The Kier molecular flexibility index (Phi) is 7.34. The molecule has 0 atom stereocenters. The lowest BCUT2D eigenvalue weighted by atomic mass is 10.2. The lowest BCUT2D eigenvalue weighted by Crippen LogP contribution is -2.31. The SMILES string of the molecule is COCCN1C(=O)S/C(=C/c2ccc(OCc3ccc(Br)cc3)c(Br)c2)C1=O. The molecule has 5 nitrogen and oxygen atoms in total.